The van der Waals surface area contributed by atoms with Gasteiger partial charge in [0.05, 0.1) is 0 Å². The summed E-state index contributed by atoms with van der Waals surface area (Å²) in [4.78, 5) is 11.0. The highest BCUT2D eigenvalue weighted by atomic mass is 16.1. The molecule has 0 aliphatic heterocycles. The second-order valence-corrected chi connectivity index (χ2v) is 4.07. The molecule has 0 spiro atoms. The number of unbranched alkanes of at least 4 members (excludes halogenated alkanes) is 3. The Morgan fingerprint density at radius 1 is 1.38 bits per heavy atom. The predicted molar refractivity (Wildman–Crippen MR) is 55.6 cm³/mol. The molecular formula is C12H20O. The minimum atomic E-state index is 0.482. The lowest BCUT2D eigenvalue weighted by Gasteiger charge is -2.06. The fraction of sp³-hybridized carbons (Fsp3) is 0.750. The van der Waals surface area contributed by atoms with E-state index in [1.54, 1.807) is 0 Å². The highest BCUT2D eigenvalue weighted by molar-refractivity contribution is 5.80. The van der Waals surface area contributed by atoms with Gasteiger partial charge in [0.25, 0.3) is 0 Å². The van der Waals surface area contributed by atoms with Gasteiger partial charge in [0, 0.05) is 12.8 Å². The monoisotopic (exact) mass is 180 g/mol. The molecule has 0 bridgehead atoms. The number of hydrogen-bond acceptors (Lipinski definition) is 1. The number of Topliss-reactive ketones (excluding diaryl/α,β-unsaturated/α-hetero) is 1. The smallest absolute Gasteiger partial charge is 0.133 e. The van der Waals surface area contributed by atoms with Crippen molar-refractivity contribution >= 4 is 5.78 Å². The highest BCUT2D eigenvalue weighted by Crippen LogP contribution is 2.26. The summed E-state index contributed by atoms with van der Waals surface area (Å²) in [6, 6.07) is 0. The first kappa shape index (κ1) is 10.5. The SMILES string of the molecule is C=CCCCCCC1CCC(=O)C1. The molecule has 0 saturated heterocycles. The molecule has 1 rings (SSSR count). The van der Waals surface area contributed by atoms with E-state index in [1.165, 1.54) is 25.7 Å². The minimum absolute atomic E-state index is 0.482. The van der Waals surface area contributed by atoms with E-state index < -0.39 is 0 Å². The third-order valence-corrected chi connectivity index (χ3v) is 2.87. The number of ketones is 1. The van der Waals surface area contributed by atoms with E-state index in [2.05, 4.69) is 6.58 Å². The molecule has 13 heavy (non-hydrogen) atoms. The zero-order valence-electron chi connectivity index (χ0n) is 8.43. The molecule has 1 aliphatic carbocycles. The zero-order valence-corrected chi connectivity index (χ0v) is 8.43. The maximum atomic E-state index is 11.0. The molecule has 1 fully saturated rings. The van der Waals surface area contributed by atoms with Crippen LogP contribution in [0.4, 0.5) is 0 Å². The molecule has 1 atom stereocenters. The average Bonchev–Trinajstić information content (AvgIpc) is 2.51. The minimum Gasteiger partial charge on any atom is -0.300 e. The van der Waals surface area contributed by atoms with Crippen LogP contribution < -0.4 is 0 Å². The van der Waals surface area contributed by atoms with Crippen LogP contribution in [0.2, 0.25) is 0 Å². The van der Waals surface area contributed by atoms with Crippen LogP contribution in [0.25, 0.3) is 0 Å². The highest BCUT2D eigenvalue weighted by Gasteiger charge is 2.20. The van der Waals surface area contributed by atoms with E-state index in [0.717, 1.165) is 31.6 Å². The number of carbonyl (C=O) groups excluding carboxylic acids is 1. The summed E-state index contributed by atoms with van der Waals surface area (Å²) >= 11 is 0. The van der Waals surface area contributed by atoms with Gasteiger partial charge in [0.15, 0.2) is 0 Å². The number of allylic oxidation sites excluding steroid dienone is 1. The Kier molecular flexibility index (Phi) is 4.81. The van der Waals surface area contributed by atoms with Crippen LogP contribution in [0.15, 0.2) is 12.7 Å². The average molecular weight is 180 g/mol. The van der Waals surface area contributed by atoms with Crippen molar-refractivity contribution in [1.29, 1.82) is 0 Å². The van der Waals surface area contributed by atoms with Crippen molar-refractivity contribution in [3.05, 3.63) is 12.7 Å². The molecular weight excluding hydrogens is 160 g/mol. The number of hydrogen-bond donors (Lipinski definition) is 0. The molecule has 1 nitrogen and oxygen atoms in total. The Balaban J connectivity index is 1.94. The molecule has 1 unspecified atom stereocenters. The van der Waals surface area contributed by atoms with E-state index in [-0.39, 0.29) is 0 Å². The maximum absolute atomic E-state index is 11.0. The first-order valence-electron chi connectivity index (χ1n) is 5.45. The van der Waals surface area contributed by atoms with E-state index >= 15 is 0 Å². The van der Waals surface area contributed by atoms with Gasteiger partial charge in [-0.15, -0.1) is 6.58 Å². The Labute approximate surface area is 81.2 Å². The van der Waals surface area contributed by atoms with E-state index in [0.29, 0.717) is 5.78 Å². The van der Waals surface area contributed by atoms with Crippen LogP contribution in [-0.4, -0.2) is 5.78 Å². The Morgan fingerprint density at radius 2 is 2.23 bits per heavy atom. The second-order valence-electron chi connectivity index (χ2n) is 4.07. The van der Waals surface area contributed by atoms with Crippen LogP contribution in [0.3, 0.4) is 0 Å². The van der Waals surface area contributed by atoms with Crippen LogP contribution in [-0.2, 0) is 4.79 Å². The van der Waals surface area contributed by atoms with Gasteiger partial charge in [0.1, 0.15) is 5.78 Å². The quantitative estimate of drug-likeness (QED) is 0.451. The summed E-state index contributed by atoms with van der Waals surface area (Å²) in [5.74, 6) is 1.20. The largest absolute Gasteiger partial charge is 0.300 e. The molecule has 1 saturated carbocycles. The van der Waals surface area contributed by atoms with Gasteiger partial charge >= 0.3 is 0 Å². The van der Waals surface area contributed by atoms with Crippen molar-refractivity contribution in [3.8, 4) is 0 Å². The van der Waals surface area contributed by atoms with E-state index in [1.807, 2.05) is 6.08 Å². The maximum Gasteiger partial charge on any atom is 0.133 e. The van der Waals surface area contributed by atoms with Crippen LogP contribution >= 0.6 is 0 Å². The fourth-order valence-corrected chi connectivity index (χ4v) is 2.04. The standard InChI is InChI=1S/C12H20O/c1-2-3-4-5-6-7-11-8-9-12(13)10-11/h2,11H,1,3-10H2. The molecule has 1 heteroatoms. The normalized spacial score (nSPS) is 22.2. The lowest BCUT2D eigenvalue weighted by Crippen LogP contribution is -1.95. The Morgan fingerprint density at radius 3 is 2.85 bits per heavy atom. The van der Waals surface area contributed by atoms with Gasteiger partial charge < -0.3 is 0 Å². The number of carbonyl (C=O) groups is 1. The molecule has 0 aromatic heterocycles. The van der Waals surface area contributed by atoms with E-state index in [9.17, 15) is 4.79 Å². The molecule has 0 aromatic carbocycles. The van der Waals surface area contributed by atoms with Gasteiger partial charge in [-0.1, -0.05) is 25.3 Å². The Bertz CT molecular complexity index is 172. The van der Waals surface area contributed by atoms with Crippen molar-refractivity contribution < 1.29 is 4.79 Å². The van der Waals surface area contributed by atoms with E-state index in [4.69, 9.17) is 0 Å². The van der Waals surface area contributed by atoms with Crippen LogP contribution in [0, 0.1) is 5.92 Å². The van der Waals surface area contributed by atoms with Crippen molar-refractivity contribution in [2.75, 3.05) is 0 Å². The molecule has 1 aliphatic rings. The van der Waals surface area contributed by atoms with Crippen molar-refractivity contribution in [1.82, 2.24) is 0 Å². The van der Waals surface area contributed by atoms with Gasteiger partial charge in [-0.2, -0.15) is 0 Å². The first-order chi connectivity index (χ1) is 6.33. The summed E-state index contributed by atoms with van der Waals surface area (Å²) in [5, 5.41) is 0. The summed E-state index contributed by atoms with van der Waals surface area (Å²) < 4.78 is 0. The summed E-state index contributed by atoms with van der Waals surface area (Å²) in [7, 11) is 0. The van der Waals surface area contributed by atoms with Crippen molar-refractivity contribution in [2.24, 2.45) is 5.92 Å². The number of rotatable bonds is 6. The fourth-order valence-electron chi connectivity index (χ4n) is 2.04. The molecule has 0 amide bonds. The molecule has 0 aromatic rings. The van der Waals surface area contributed by atoms with Crippen molar-refractivity contribution in [2.45, 2.75) is 51.4 Å². The van der Waals surface area contributed by atoms with Crippen molar-refractivity contribution in [3.63, 3.8) is 0 Å². The predicted octanol–water partition coefficient (Wildman–Crippen LogP) is 3.49. The lowest BCUT2D eigenvalue weighted by molar-refractivity contribution is -0.117. The summed E-state index contributed by atoms with van der Waals surface area (Å²) in [6.07, 6.45) is 11.1. The van der Waals surface area contributed by atoms with Gasteiger partial charge in [-0.25, -0.2) is 0 Å². The molecule has 0 N–H and O–H groups in total. The summed E-state index contributed by atoms with van der Waals surface area (Å²) in [5.41, 5.74) is 0. The third kappa shape index (κ3) is 4.25. The summed E-state index contributed by atoms with van der Waals surface area (Å²) in [6.45, 7) is 3.70. The topological polar surface area (TPSA) is 17.1 Å². The third-order valence-electron chi connectivity index (χ3n) is 2.87. The second kappa shape index (κ2) is 5.95. The molecule has 0 radical (unpaired) electrons. The Hall–Kier alpha value is -0.590. The zero-order chi connectivity index (χ0) is 9.52. The molecule has 0 heterocycles. The van der Waals surface area contributed by atoms with Crippen LogP contribution in [0.5, 0.6) is 0 Å². The van der Waals surface area contributed by atoms with Gasteiger partial charge in [-0.05, 0) is 25.2 Å². The van der Waals surface area contributed by atoms with Crippen LogP contribution in [0.1, 0.15) is 51.4 Å². The first-order valence-corrected chi connectivity index (χ1v) is 5.45. The van der Waals surface area contributed by atoms with Gasteiger partial charge in [-0.3, -0.25) is 4.79 Å². The van der Waals surface area contributed by atoms with Gasteiger partial charge in [0.2, 0.25) is 0 Å². The lowest BCUT2D eigenvalue weighted by atomic mass is 9.99. The molecule has 74 valence electrons.